The predicted molar refractivity (Wildman–Crippen MR) is 64.7 cm³/mol. The van der Waals surface area contributed by atoms with E-state index in [1.54, 1.807) is 0 Å². The summed E-state index contributed by atoms with van der Waals surface area (Å²) in [6, 6.07) is 0. The van der Waals surface area contributed by atoms with Crippen LogP contribution in [0.5, 0.6) is 0 Å². The van der Waals surface area contributed by atoms with Crippen LogP contribution in [-0.2, 0) is 10.0 Å². The summed E-state index contributed by atoms with van der Waals surface area (Å²) in [6.07, 6.45) is 4.91. The van der Waals surface area contributed by atoms with Crippen LogP contribution in [0.25, 0.3) is 0 Å². The Labute approximate surface area is 96.7 Å². The lowest BCUT2D eigenvalue weighted by atomic mass is 9.86. The second-order valence-electron chi connectivity index (χ2n) is 4.12. The fourth-order valence-corrected chi connectivity index (χ4v) is 1.86. The highest BCUT2D eigenvalue weighted by Gasteiger charge is 2.16. The maximum absolute atomic E-state index is 10.7. The lowest BCUT2D eigenvalue weighted by Crippen LogP contribution is -2.38. The summed E-state index contributed by atoms with van der Waals surface area (Å²) in [6.45, 7) is 1.55. The first-order chi connectivity index (χ1) is 7.47. The highest BCUT2D eigenvalue weighted by Crippen LogP contribution is 2.26. The molecule has 94 valence electrons. The van der Waals surface area contributed by atoms with Crippen molar-refractivity contribution < 1.29 is 8.42 Å². The lowest BCUT2D eigenvalue weighted by Gasteiger charge is -2.23. The zero-order valence-electron chi connectivity index (χ0n) is 9.57. The molecule has 0 bridgehead atoms. The Morgan fingerprint density at radius 2 is 2.12 bits per heavy atom. The minimum atomic E-state index is -3.11. The normalized spacial score (nSPS) is 18.2. The monoisotopic (exact) mass is 248 g/mol. The Balaban J connectivity index is 2.07. The molecule has 0 spiro atoms. The SMILES string of the molecule is CS(=O)(=O)NCCNC(N)=NCC1CCC1. The molecule has 0 aromatic carbocycles. The maximum Gasteiger partial charge on any atom is 0.208 e. The van der Waals surface area contributed by atoms with Crippen molar-refractivity contribution in [2.75, 3.05) is 25.9 Å². The Kier molecular flexibility index (Phi) is 5.01. The quantitative estimate of drug-likeness (QED) is 0.327. The Morgan fingerprint density at radius 3 is 2.62 bits per heavy atom. The van der Waals surface area contributed by atoms with Gasteiger partial charge in [0.15, 0.2) is 5.96 Å². The first kappa shape index (κ1) is 13.2. The number of aliphatic imine (C=N–C) groups is 1. The molecule has 0 amide bonds. The number of nitrogens with one attached hydrogen (secondary N) is 2. The third-order valence-electron chi connectivity index (χ3n) is 2.54. The minimum absolute atomic E-state index is 0.318. The van der Waals surface area contributed by atoms with Gasteiger partial charge in [0.2, 0.25) is 10.0 Å². The van der Waals surface area contributed by atoms with E-state index in [-0.39, 0.29) is 0 Å². The molecular weight excluding hydrogens is 228 g/mol. The molecule has 1 aliphatic carbocycles. The third kappa shape index (κ3) is 5.92. The van der Waals surface area contributed by atoms with Gasteiger partial charge in [0.1, 0.15) is 0 Å². The standard InChI is InChI=1S/C9H20N4O2S/c1-16(14,15)13-6-5-11-9(10)12-7-8-3-2-4-8/h8,13H,2-7H2,1H3,(H3,10,11,12). The highest BCUT2D eigenvalue weighted by molar-refractivity contribution is 7.88. The van der Waals surface area contributed by atoms with E-state index in [1.807, 2.05) is 0 Å². The summed E-state index contributed by atoms with van der Waals surface area (Å²) in [7, 11) is -3.11. The highest BCUT2D eigenvalue weighted by atomic mass is 32.2. The van der Waals surface area contributed by atoms with Crippen molar-refractivity contribution in [1.82, 2.24) is 10.0 Å². The van der Waals surface area contributed by atoms with Crippen molar-refractivity contribution in [2.45, 2.75) is 19.3 Å². The van der Waals surface area contributed by atoms with Gasteiger partial charge in [0.05, 0.1) is 6.26 Å². The van der Waals surface area contributed by atoms with E-state index >= 15 is 0 Å². The van der Waals surface area contributed by atoms with E-state index in [2.05, 4.69) is 15.0 Å². The van der Waals surface area contributed by atoms with Crippen LogP contribution in [0.15, 0.2) is 4.99 Å². The molecule has 0 heterocycles. The number of hydrogen-bond acceptors (Lipinski definition) is 3. The zero-order chi connectivity index (χ0) is 12.0. The Hall–Kier alpha value is -0.820. The van der Waals surface area contributed by atoms with Crippen LogP contribution in [0, 0.1) is 5.92 Å². The van der Waals surface area contributed by atoms with Crippen LogP contribution < -0.4 is 15.8 Å². The van der Waals surface area contributed by atoms with Gasteiger partial charge < -0.3 is 11.1 Å². The van der Waals surface area contributed by atoms with Crippen molar-refractivity contribution in [3.63, 3.8) is 0 Å². The maximum atomic E-state index is 10.7. The second-order valence-corrected chi connectivity index (χ2v) is 5.95. The van der Waals surface area contributed by atoms with Crippen molar-refractivity contribution in [2.24, 2.45) is 16.6 Å². The summed E-state index contributed by atoms with van der Waals surface area (Å²) in [4.78, 5) is 4.19. The van der Waals surface area contributed by atoms with Crippen molar-refractivity contribution in [3.8, 4) is 0 Å². The van der Waals surface area contributed by atoms with E-state index in [1.165, 1.54) is 19.3 Å². The molecule has 0 radical (unpaired) electrons. The number of sulfonamides is 1. The summed E-state index contributed by atoms with van der Waals surface area (Å²) in [5, 5.41) is 2.86. The van der Waals surface area contributed by atoms with Gasteiger partial charge in [-0.15, -0.1) is 0 Å². The molecule has 0 saturated heterocycles. The average molecular weight is 248 g/mol. The number of guanidine groups is 1. The fraction of sp³-hybridized carbons (Fsp3) is 0.889. The Bertz CT molecular complexity index is 335. The molecule has 0 unspecified atom stereocenters. The molecule has 0 aliphatic heterocycles. The van der Waals surface area contributed by atoms with Crippen molar-refractivity contribution in [1.29, 1.82) is 0 Å². The second kappa shape index (κ2) is 6.05. The molecule has 6 nitrogen and oxygen atoms in total. The molecule has 7 heteroatoms. The summed E-state index contributed by atoms with van der Waals surface area (Å²) in [5.41, 5.74) is 5.61. The third-order valence-corrected chi connectivity index (χ3v) is 3.27. The van der Waals surface area contributed by atoms with Crippen LogP contribution in [0.3, 0.4) is 0 Å². The lowest BCUT2D eigenvalue weighted by molar-refractivity contribution is 0.326. The summed E-state index contributed by atoms with van der Waals surface area (Å²) in [5.74, 6) is 1.08. The molecule has 0 aromatic rings. The van der Waals surface area contributed by atoms with Gasteiger partial charge in [-0.05, 0) is 18.8 Å². The average Bonchev–Trinajstić information content (AvgIpc) is 2.08. The molecule has 0 aromatic heterocycles. The van der Waals surface area contributed by atoms with E-state index in [9.17, 15) is 8.42 Å². The van der Waals surface area contributed by atoms with Crippen LogP contribution in [0.1, 0.15) is 19.3 Å². The molecular formula is C9H20N4O2S. The largest absolute Gasteiger partial charge is 0.370 e. The fourth-order valence-electron chi connectivity index (χ4n) is 1.39. The number of hydrogen-bond donors (Lipinski definition) is 3. The van der Waals surface area contributed by atoms with Crippen molar-refractivity contribution in [3.05, 3.63) is 0 Å². The van der Waals surface area contributed by atoms with E-state index in [0.717, 1.165) is 12.8 Å². The number of nitrogens with zero attached hydrogens (tertiary/aromatic N) is 1. The van der Waals surface area contributed by atoms with E-state index in [4.69, 9.17) is 5.73 Å². The summed E-state index contributed by atoms with van der Waals surface area (Å²) >= 11 is 0. The van der Waals surface area contributed by atoms with Gasteiger partial charge in [0, 0.05) is 19.6 Å². The van der Waals surface area contributed by atoms with Crippen LogP contribution >= 0.6 is 0 Å². The predicted octanol–water partition coefficient (Wildman–Crippen LogP) is -0.760. The smallest absolute Gasteiger partial charge is 0.208 e. The van der Waals surface area contributed by atoms with Gasteiger partial charge in [-0.3, -0.25) is 4.99 Å². The molecule has 16 heavy (non-hydrogen) atoms. The molecule has 1 fully saturated rings. The molecule has 1 rings (SSSR count). The van der Waals surface area contributed by atoms with E-state index in [0.29, 0.717) is 25.0 Å². The summed E-state index contributed by atoms with van der Waals surface area (Å²) < 4.78 is 23.8. The van der Waals surface area contributed by atoms with Gasteiger partial charge in [-0.1, -0.05) is 6.42 Å². The number of nitrogens with two attached hydrogens (primary N) is 1. The molecule has 4 N–H and O–H groups in total. The zero-order valence-corrected chi connectivity index (χ0v) is 10.4. The van der Waals surface area contributed by atoms with Crippen LogP contribution in [0.2, 0.25) is 0 Å². The van der Waals surface area contributed by atoms with Crippen molar-refractivity contribution >= 4 is 16.0 Å². The first-order valence-corrected chi connectivity index (χ1v) is 7.35. The van der Waals surface area contributed by atoms with Gasteiger partial charge in [-0.2, -0.15) is 0 Å². The molecule has 1 saturated carbocycles. The van der Waals surface area contributed by atoms with Gasteiger partial charge in [0.25, 0.3) is 0 Å². The number of rotatable bonds is 6. The topological polar surface area (TPSA) is 96.6 Å². The molecule has 1 aliphatic rings. The van der Waals surface area contributed by atoms with Gasteiger partial charge in [-0.25, -0.2) is 13.1 Å². The molecule has 0 atom stereocenters. The van der Waals surface area contributed by atoms with E-state index < -0.39 is 10.0 Å². The Morgan fingerprint density at radius 1 is 1.44 bits per heavy atom. The first-order valence-electron chi connectivity index (χ1n) is 5.46. The van der Waals surface area contributed by atoms with Gasteiger partial charge >= 0.3 is 0 Å². The van der Waals surface area contributed by atoms with Crippen LogP contribution in [-0.4, -0.2) is 40.3 Å². The van der Waals surface area contributed by atoms with Crippen LogP contribution in [0.4, 0.5) is 0 Å². The minimum Gasteiger partial charge on any atom is -0.370 e.